The molecule has 0 fully saturated rings. The Hall–Kier alpha value is -1.49. The van der Waals surface area contributed by atoms with Crippen LogP contribution in [0.4, 0.5) is 0 Å². The van der Waals surface area contributed by atoms with Crippen LogP contribution in [0.5, 0.6) is 0 Å². The number of hydrogen-bond acceptors (Lipinski definition) is 4. The van der Waals surface area contributed by atoms with E-state index in [9.17, 15) is 0 Å². The molecule has 5 nitrogen and oxygen atoms in total. The maximum Gasteiger partial charge on any atom is 0.127 e. The zero-order valence-electron chi connectivity index (χ0n) is 8.44. The third kappa shape index (κ3) is 4.86. The lowest BCUT2D eigenvalue weighted by molar-refractivity contribution is 0.0676. The smallest absolute Gasteiger partial charge is 0.127 e. The highest BCUT2D eigenvalue weighted by molar-refractivity contribution is 5.53. The van der Waals surface area contributed by atoms with Gasteiger partial charge in [0.2, 0.25) is 0 Å². The fourth-order valence-corrected chi connectivity index (χ4v) is 0.504. The van der Waals surface area contributed by atoms with Crippen molar-refractivity contribution in [1.82, 2.24) is 20.6 Å². The van der Waals surface area contributed by atoms with E-state index in [1.165, 1.54) is 0 Å². The van der Waals surface area contributed by atoms with Gasteiger partial charge in [0.1, 0.15) is 6.34 Å². The van der Waals surface area contributed by atoms with E-state index in [1.807, 2.05) is 14.1 Å². The highest BCUT2D eigenvalue weighted by atomic mass is 15.8. The molecular weight excluding hydrogens is 166 g/mol. The van der Waals surface area contributed by atoms with E-state index in [0.29, 0.717) is 0 Å². The standard InChI is InChI=1S/C8H17N5/c1-6-9-13(5)12(4)8-10-11(3)7-2/h6-9H,1-2H2,3-5H3/b10-8-. The van der Waals surface area contributed by atoms with E-state index < -0.39 is 0 Å². The average molecular weight is 183 g/mol. The van der Waals surface area contributed by atoms with Gasteiger partial charge in [-0.05, 0) is 0 Å². The van der Waals surface area contributed by atoms with Crippen molar-refractivity contribution in [2.75, 3.05) is 21.1 Å². The SMILES string of the molecule is C=CNN(C)N(C)/C=N\N(C)C=C. The molecule has 0 spiro atoms. The molecule has 13 heavy (non-hydrogen) atoms. The van der Waals surface area contributed by atoms with Crippen LogP contribution in [0, 0.1) is 0 Å². The Morgan fingerprint density at radius 1 is 1.23 bits per heavy atom. The van der Waals surface area contributed by atoms with Gasteiger partial charge in [-0.25, -0.2) is 0 Å². The molecular formula is C8H17N5. The molecule has 0 unspecified atom stereocenters. The lowest BCUT2D eigenvalue weighted by Crippen LogP contribution is -2.43. The molecule has 74 valence electrons. The molecule has 5 heteroatoms. The van der Waals surface area contributed by atoms with Crippen LogP contribution in [-0.4, -0.2) is 42.6 Å². The summed E-state index contributed by atoms with van der Waals surface area (Å²) in [5.41, 5.74) is 2.87. The van der Waals surface area contributed by atoms with Gasteiger partial charge < -0.3 is 5.43 Å². The first-order valence-corrected chi connectivity index (χ1v) is 3.85. The Kier molecular flexibility index (Phi) is 5.38. The molecule has 0 rings (SSSR count). The van der Waals surface area contributed by atoms with Crippen molar-refractivity contribution < 1.29 is 0 Å². The van der Waals surface area contributed by atoms with E-state index >= 15 is 0 Å². The third-order valence-electron chi connectivity index (χ3n) is 1.42. The highest BCUT2D eigenvalue weighted by Crippen LogP contribution is 1.85. The van der Waals surface area contributed by atoms with E-state index in [0.717, 1.165) is 0 Å². The Bertz CT molecular complexity index is 189. The summed E-state index contributed by atoms with van der Waals surface area (Å²) in [6.45, 7) is 7.11. The van der Waals surface area contributed by atoms with Crippen LogP contribution in [0.3, 0.4) is 0 Å². The lowest BCUT2D eigenvalue weighted by atomic mass is 10.9. The molecule has 0 aromatic rings. The third-order valence-corrected chi connectivity index (χ3v) is 1.42. The van der Waals surface area contributed by atoms with Gasteiger partial charge in [0.15, 0.2) is 0 Å². The second-order valence-corrected chi connectivity index (χ2v) is 2.42. The highest BCUT2D eigenvalue weighted by Gasteiger charge is 1.96. The van der Waals surface area contributed by atoms with Gasteiger partial charge in [0.25, 0.3) is 0 Å². The first-order valence-electron chi connectivity index (χ1n) is 3.85. The maximum absolute atomic E-state index is 4.05. The van der Waals surface area contributed by atoms with Crippen LogP contribution in [0.25, 0.3) is 0 Å². The van der Waals surface area contributed by atoms with Gasteiger partial charge in [0, 0.05) is 33.5 Å². The van der Waals surface area contributed by atoms with E-state index in [-0.39, 0.29) is 0 Å². The van der Waals surface area contributed by atoms with Crippen LogP contribution in [0.2, 0.25) is 0 Å². The van der Waals surface area contributed by atoms with Gasteiger partial charge >= 0.3 is 0 Å². The molecule has 1 N–H and O–H groups in total. The molecule has 0 aromatic heterocycles. The quantitative estimate of drug-likeness (QED) is 0.368. The monoisotopic (exact) mass is 183 g/mol. The van der Waals surface area contributed by atoms with Crippen molar-refractivity contribution in [2.24, 2.45) is 5.10 Å². The average Bonchev–Trinajstić information content (AvgIpc) is 2.13. The molecule has 0 saturated heterocycles. The summed E-state index contributed by atoms with van der Waals surface area (Å²) in [5, 5.41) is 9.15. The van der Waals surface area contributed by atoms with Crippen molar-refractivity contribution in [1.29, 1.82) is 0 Å². The van der Waals surface area contributed by atoms with Crippen LogP contribution >= 0.6 is 0 Å². The minimum atomic E-state index is 1.58. The molecule has 0 radical (unpaired) electrons. The number of hydrogen-bond donors (Lipinski definition) is 1. The predicted molar refractivity (Wildman–Crippen MR) is 55.3 cm³/mol. The van der Waals surface area contributed by atoms with Crippen molar-refractivity contribution in [2.45, 2.75) is 0 Å². The zero-order valence-corrected chi connectivity index (χ0v) is 8.44. The lowest BCUT2D eigenvalue weighted by Gasteiger charge is -2.25. The number of hydrazone groups is 1. The van der Waals surface area contributed by atoms with E-state index in [4.69, 9.17) is 0 Å². The summed E-state index contributed by atoms with van der Waals surface area (Å²) in [5.74, 6) is 0. The Morgan fingerprint density at radius 3 is 2.31 bits per heavy atom. The van der Waals surface area contributed by atoms with Gasteiger partial charge in [-0.15, -0.1) is 5.12 Å². The molecule has 0 amide bonds. The van der Waals surface area contributed by atoms with Gasteiger partial charge in [-0.3, -0.25) is 10.0 Å². The largest absolute Gasteiger partial charge is 0.309 e. The van der Waals surface area contributed by atoms with Crippen LogP contribution in [-0.2, 0) is 0 Å². The van der Waals surface area contributed by atoms with Gasteiger partial charge in [-0.1, -0.05) is 13.2 Å². The molecule has 0 aliphatic carbocycles. The summed E-state index contributed by atoms with van der Waals surface area (Å²) >= 11 is 0. The van der Waals surface area contributed by atoms with E-state index in [1.54, 1.807) is 40.9 Å². The number of hydrazine groups is 2. The van der Waals surface area contributed by atoms with E-state index in [2.05, 4.69) is 23.7 Å². The zero-order chi connectivity index (χ0) is 10.3. The predicted octanol–water partition coefficient (Wildman–Crippen LogP) is 0.432. The van der Waals surface area contributed by atoms with Crippen molar-refractivity contribution in [3.05, 3.63) is 25.6 Å². The van der Waals surface area contributed by atoms with Crippen LogP contribution in [0.1, 0.15) is 0 Å². The van der Waals surface area contributed by atoms with Crippen molar-refractivity contribution >= 4 is 6.34 Å². The summed E-state index contributed by atoms with van der Waals surface area (Å²) in [4.78, 5) is 0. The minimum Gasteiger partial charge on any atom is -0.309 e. The van der Waals surface area contributed by atoms with Crippen molar-refractivity contribution in [3.63, 3.8) is 0 Å². The fourth-order valence-electron chi connectivity index (χ4n) is 0.504. The molecule has 0 aliphatic heterocycles. The maximum atomic E-state index is 4.05. The Labute approximate surface area is 79.5 Å². The summed E-state index contributed by atoms with van der Waals surface area (Å²) in [7, 11) is 5.51. The number of rotatable bonds is 6. The first-order chi connectivity index (χ1) is 6.11. The minimum absolute atomic E-state index is 1.58. The summed E-state index contributed by atoms with van der Waals surface area (Å²) in [6.07, 6.45) is 4.85. The molecule has 0 aromatic carbocycles. The van der Waals surface area contributed by atoms with Crippen molar-refractivity contribution in [3.8, 4) is 0 Å². The normalized spacial score (nSPS) is 10.2. The molecule has 0 aliphatic rings. The molecule has 0 atom stereocenters. The Balaban J connectivity index is 3.96. The van der Waals surface area contributed by atoms with Crippen LogP contribution < -0.4 is 5.43 Å². The molecule has 0 saturated carbocycles. The van der Waals surface area contributed by atoms with Gasteiger partial charge in [0.05, 0.1) is 0 Å². The second-order valence-electron chi connectivity index (χ2n) is 2.42. The summed E-state index contributed by atoms with van der Waals surface area (Å²) in [6, 6.07) is 0. The molecule has 0 heterocycles. The van der Waals surface area contributed by atoms with Gasteiger partial charge in [-0.2, -0.15) is 5.10 Å². The summed E-state index contributed by atoms with van der Waals surface area (Å²) < 4.78 is 0. The Morgan fingerprint density at radius 2 is 1.85 bits per heavy atom. The number of nitrogens with zero attached hydrogens (tertiary/aromatic N) is 4. The first kappa shape index (κ1) is 11.5. The van der Waals surface area contributed by atoms with Crippen LogP contribution in [0.15, 0.2) is 30.7 Å². The topological polar surface area (TPSA) is 34.1 Å². The fraction of sp³-hybridized carbons (Fsp3) is 0.375. The number of nitrogens with one attached hydrogen (secondary N) is 1. The molecule has 0 bridgehead atoms. The second kappa shape index (κ2) is 6.07.